The average Bonchev–Trinajstić information content (AvgIpc) is 3.47. The van der Waals surface area contributed by atoms with Crippen LogP contribution in [-0.2, 0) is 19.1 Å². The Bertz CT molecular complexity index is 738. The molecule has 2 fully saturated rings. The van der Waals surface area contributed by atoms with Gasteiger partial charge in [-0.05, 0) is 30.1 Å². The van der Waals surface area contributed by atoms with E-state index >= 15 is 0 Å². The van der Waals surface area contributed by atoms with Crippen molar-refractivity contribution in [1.82, 2.24) is 0 Å². The van der Waals surface area contributed by atoms with Gasteiger partial charge in [-0.25, -0.2) is 0 Å². The number of hydrogen-bond acceptors (Lipinski definition) is 5. The van der Waals surface area contributed by atoms with Crippen LogP contribution < -0.4 is 0 Å². The largest absolute Gasteiger partial charge is 0.469 e. The Morgan fingerprint density at radius 1 is 0.960 bits per heavy atom. The SMILES string of the molecule is COC(=O)[C@H]1[C@@H]2C=C[C@@H]([C@@H]3C[C@H]23)[C@@H]1C(=O)OCC(=O)c1ccccc1. The van der Waals surface area contributed by atoms with E-state index in [2.05, 4.69) is 6.08 Å². The van der Waals surface area contributed by atoms with E-state index in [0.29, 0.717) is 17.4 Å². The molecule has 1 aromatic rings. The maximum atomic E-state index is 12.7. The molecule has 4 aliphatic rings. The molecule has 6 atom stereocenters. The fraction of sp³-hybridized carbons (Fsp3) is 0.450. The zero-order valence-electron chi connectivity index (χ0n) is 14.0. The van der Waals surface area contributed by atoms with Crippen molar-refractivity contribution in [3.05, 3.63) is 48.0 Å². The van der Waals surface area contributed by atoms with E-state index < -0.39 is 17.8 Å². The third-order valence-electron chi connectivity index (χ3n) is 5.84. The van der Waals surface area contributed by atoms with Crippen molar-refractivity contribution in [1.29, 1.82) is 0 Å². The Labute approximate surface area is 146 Å². The number of rotatable bonds is 5. The van der Waals surface area contributed by atoms with Crippen LogP contribution in [0.2, 0.25) is 0 Å². The number of benzene rings is 1. The van der Waals surface area contributed by atoms with Crippen LogP contribution in [0.3, 0.4) is 0 Å². The number of ether oxygens (including phenoxy) is 2. The molecule has 0 aromatic heterocycles. The maximum Gasteiger partial charge on any atom is 0.310 e. The smallest absolute Gasteiger partial charge is 0.310 e. The van der Waals surface area contributed by atoms with Crippen molar-refractivity contribution in [2.75, 3.05) is 13.7 Å². The van der Waals surface area contributed by atoms with Gasteiger partial charge in [0.05, 0.1) is 18.9 Å². The molecule has 0 amide bonds. The first kappa shape index (κ1) is 16.1. The van der Waals surface area contributed by atoms with Crippen LogP contribution in [0.1, 0.15) is 16.8 Å². The maximum absolute atomic E-state index is 12.7. The summed E-state index contributed by atoms with van der Waals surface area (Å²) in [6.45, 7) is -0.303. The number of allylic oxidation sites excluding steroid dienone is 2. The minimum absolute atomic E-state index is 0.0124. The zero-order chi connectivity index (χ0) is 17.6. The average molecular weight is 340 g/mol. The van der Waals surface area contributed by atoms with Crippen LogP contribution in [0.15, 0.2) is 42.5 Å². The molecule has 0 radical (unpaired) electrons. The summed E-state index contributed by atoms with van der Waals surface area (Å²) in [6, 6.07) is 8.73. The fourth-order valence-corrected chi connectivity index (χ4v) is 4.60. The minimum atomic E-state index is -0.547. The van der Waals surface area contributed by atoms with E-state index in [1.165, 1.54) is 7.11 Å². The lowest BCUT2D eigenvalue weighted by molar-refractivity contribution is -0.165. The number of methoxy groups -OCH3 is 1. The summed E-state index contributed by atoms with van der Waals surface area (Å²) >= 11 is 0. The van der Waals surface area contributed by atoms with Crippen LogP contribution >= 0.6 is 0 Å². The summed E-state index contributed by atoms with van der Waals surface area (Å²) in [7, 11) is 1.35. The number of fused-ring (bicyclic) bond motifs is 1. The number of Topliss-reactive ketones (excluding diaryl/α,β-unsaturated/α-hetero) is 1. The molecule has 5 rings (SSSR count). The van der Waals surface area contributed by atoms with Crippen molar-refractivity contribution in [3.63, 3.8) is 0 Å². The highest BCUT2D eigenvalue weighted by Crippen LogP contribution is 2.63. The Morgan fingerprint density at radius 3 is 2.16 bits per heavy atom. The number of carbonyl (C=O) groups is 3. The van der Waals surface area contributed by atoms with E-state index in [-0.39, 0.29) is 30.2 Å². The third kappa shape index (κ3) is 2.68. The number of carbonyl (C=O) groups excluding carboxylic acids is 3. The van der Waals surface area contributed by atoms with E-state index in [4.69, 9.17) is 9.47 Å². The van der Waals surface area contributed by atoms with Crippen LogP contribution in [-0.4, -0.2) is 31.4 Å². The van der Waals surface area contributed by atoms with Gasteiger partial charge in [-0.1, -0.05) is 42.5 Å². The van der Waals surface area contributed by atoms with E-state index in [0.717, 1.165) is 6.42 Å². The molecule has 5 heteroatoms. The van der Waals surface area contributed by atoms with Gasteiger partial charge >= 0.3 is 11.9 Å². The zero-order valence-corrected chi connectivity index (χ0v) is 14.0. The summed E-state index contributed by atoms with van der Waals surface area (Å²) in [4.78, 5) is 37.1. The number of hydrogen-bond donors (Lipinski definition) is 0. The standard InChI is InChI=1S/C20H20O5/c1-24-19(22)17-12-7-8-13(15-9-14(12)15)18(17)20(23)25-10-16(21)11-5-3-2-4-6-11/h2-8,12-15,17-18H,9-10H2,1H3/t12-,13+,14-,15+,17+,18+/m1/s1. The van der Waals surface area contributed by atoms with Gasteiger partial charge in [-0.2, -0.15) is 0 Å². The molecule has 4 aliphatic carbocycles. The molecule has 5 nitrogen and oxygen atoms in total. The minimum Gasteiger partial charge on any atom is -0.469 e. The molecule has 0 spiro atoms. The molecule has 0 saturated heterocycles. The Morgan fingerprint density at radius 2 is 1.56 bits per heavy atom. The summed E-state index contributed by atoms with van der Waals surface area (Å²) in [5, 5.41) is 0. The van der Waals surface area contributed by atoms with Gasteiger partial charge in [0.25, 0.3) is 0 Å². The lowest BCUT2D eigenvalue weighted by Gasteiger charge is -2.41. The van der Waals surface area contributed by atoms with Crippen molar-refractivity contribution < 1.29 is 23.9 Å². The van der Waals surface area contributed by atoms with Gasteiger partial charge in [0.15, 0.2) is 12.4 Å². The number of esters is 2. The first-order chi connectivity index (χ1) is 12.1. The van der Waals surface area contributed by atoms with Crippen molar-refractivity contribution in [2.24, 2.45) is 35.5 Å². The van der Waals surface area contributed by atoms with E-state index in [1.807, 2.05) is 12.1 Å². The second kappa shape index (κ2) is 6.14. The summed E-state index contributed by atoms with van der Waals surface area (Å²) in [5.74, 6) is -1.12. The van der Waals surface area contributed by atoms with Crippen molar-refractivity contribution in [2.45, 2.75) is 6.42 Å². The lowest BCUT2D eigenvalue weighted by Crippen LogP contribution is -2.47. The molecular formula is C20H20O5. The molecule has 0 N–H and O–H groups in total. The quantitative estimate of drug-likeness (QED) is 0.467. The molecule has 25 heavy (non-hydrogen) atoms. The lowest BCUT2D eigenvalue weighted by atomic mass is 9.62. The van der Waals surface area contributed by atoms with Gasteiger partial charge < -0.3 is 9.47 Å². The molecular weight excluding hydrogens is 320 g/mol. The first-order valence-electron chi connectivity index (χ1n) is 8.63. The van der Waals surface area contributed by atoms with Gasteiger partial charge in [-0.3, -0.25) is 14.4 Å². The van der Waals surface area contributed by atoms with Gasteiger partial charge in [-0.15, -0.1) is 0 Å². The molecule has 0 aliphatic heterocycles. The third-order valence-corrected chi connectivity index (χ3v) is 5.84. The molecule has 2 bridgehead atoms. The topological polar surface area (TPSA) is 69.7 Å². The van der Waals surface area contributed by atoms with E-state index in [1.54, 1.807) is 24.3 Å². The normalized spacial score (nSPS) is 34.1. The Hall–Kier alpha value is -2.43. The van der Waals surface area contributed by atoms with Crippen LogP contribution in [0.25, 0.3) is 0 Å². The van der Waals surface area contributed by atoms with Crippen LogP contribution in [0, 0.1) is 35.5 Å². The van der Waals surface area contributed by atoms with Crippen LogP contribution in [0.5, 0.6) is 0 Å². The summed E-state index contributed by atoms with van der Waals surface area (Å²) < 4.78 is 10.2. The second-order valence-corrected chi connectivity index (χ2v) is 7.07. The van der Waals surface area contributed by atoms with Crippen LogP contribution in [0.4, 0.5) is 0 Å². The monoisotopic (exact) mass is 340 g/mol. The molecule has 0 unspecified atom stereocenters. The fourth-order valence-electron chi connectivity index (χ4n) is 4.60. The highest BCUT2D eigenvalue weighted by molar-refractivity contribution is 5.98. The van der Waals surface area contributed by atoms with Gasteiger partial charge in [0.1, 0.15) is 0 Å². The van der Waals surface area contributed by atoms with Crippen molar-refractivity contribution >= 4 is 17.7 Å². The van der Waals surface area contributed by atoms with Gasteiger partial charge in [0.2, 0.25) is 0 Å². The highest BCUT2D eigenvalue weighted by atomic mass is 16.5. The highest BCUT2D eigenvalue weighted by Gasteiger charge is 2.63. The molecule has 0 heterocycles. The van der Waals surface area contributed by atoms with E-state index in [9.17, 15) is 14.4 Å². The predicted molar refractivity (Wildman–Crippen MR) is 88.4 cm³/mol. The predicted octanol–water partition coefficient (Wildman–Crippen LogP) is 2.27. The molecule has 130 valence electrons. The second-order valence-electron chi connectivity index (χ2n) is 7.07. The Balaban J connectivity index is 1.48. The molecule has 1 aromatic carbocycles. The first-order valence-corrected chi connectivity index (χ1v) is 8.63. The summed E-state index contributed by atoms with van der Waals surface area (Å²) in [6.07, 6.45) is 5.14. The van der Waals surface area contributed by atoms with Gasteiger partial charge in [0, 0.05) is 5.56 Å². The Kier molecular flexibility index (Phi) is 3.94. The summed E-state index contributed by atoms with van der Waals surface area (Å²) in [5.41, 5.74) is 0.507. The number of ketones is 1. The molecule has 2 saturated carbocycles. The van der Waals surface area contributed by atoms with Crippen molar-refractivity contribution in [3.8, 4) is 0 Å².